The fourth-order valence-electron chi connectivity index (χ4n) is 2.48. The molecule has 0 bridgehead atoms. The Morgan fingerprint density at radius 3 is 2.35 bits per heavy atom. The van der Waals surface area contributed by atoms with Crippen molar-refractivity contribution in [3.63, 3.8) is 0 Å². The van der Waals surface area contributed by atoms with Crippen molar-refractivity contribution in [2.75, 3.05) is 20.1 Å². The highest BCUT2D eigenvalue weighted by Gasteiger charge is 2.33. The molecule has 0 N–H and O–H groups in total. The van der Waals surface area contributed by atoms with Gasteiger partial charge in [-0.2, -0.15) is 0 Å². The van der Waals surface area contributed by atoms with Crippen molar-refractivity contribution in [1.82, 2.24) is 4.90 Å². The molecule has 0 amide bonds. The summed E-state index contributed by atoms with van der Waals surface area (Å²) >= 11 is 5.95. The van der Waals surface area contributed by atoms with E-state index in [9.17, 15) is 9.59 Å². The Hall–Kier alpha value is -2.51. The van der Waals surface area contributed by atoms with E-state index in [-0.39, 0.29) is 13.1 Å². The largest absolute Gasteiger partial charge is 0.636 e. The Bertz CT molecular complexity index is 778. The summed E-state index contributed by atoms with van der Waals surface area (Å²) in [6.07, 6.45) is 0. The lowest BCUT2D eigenvalue weighted by Gasteiger charge is -2.22. The summed E-state index contributed by atoms with van der Waals surface area (Å²) in [5, 5.41) is 0.653. The highest BCUT2D eigenvalue weighted by molar-refractivity contribution is 6.64. The molecular weight excluding hydrogens is 356 g/mol. The molecule has 0 aliphatic carbocycles. The SMILES string of the molecule is CN1CC(=O)OB(c2ccc(OCc3cccc(Cl)c3)cc2)OC(=O)C1. The van der Waals surface area contributed by atoms with Crippen LogP contribution in [0.15, 0.2) is 48.5 Å². The van der Waals surface area contributed by atoms with Crippen LogP contribution in [0.2, 0.25) is 5.02 Å². The highest BCUT2D eigenvalue weighted by Crippen LogP contribution is 2.15. The summed E-state index contributed by atoms with van der Waals surface area (Å²) in [6.45, 7) is 0.443. The molecule has 1 aliphatic rings. The van der Waals surface area contributed by atoms with Crippen LogP contribution in [0.25, 0.3) is 0 Å². The van der Waals surface area contributed by atoms with Crippen molar-refractivity contribution >= 4 is 36.1 Å². The first-order valence-corrected chi connectivity index (χ1v) is 8.42. The molecule has 8 heteroatoms. The van der Waals surface area contributed by atoms with Gasteiger partial charge in [0.2, 0.25) is 0 Å². The van der Waals surface area contributed by atoms with E-state index in [4.69, 9.17) is 25.6 Å². The van der Waals surface area contributed by atoms with Crippen LogP contribution in [-0.4, -0.2) is 44.1 Å². The van der Waals surface area contributed by atoms with Crippen LogP contribution in [0, 0.1) is 0 Å². The number of hydrogen-bond donors (Lipinski definition) is 0. The van der Waals surface area contributed by atoms with Gasteiger partial charge in [0.15, 0.2) is 0 Å². The van der Waals surface area contributed by atoms with Gasteiger partial charge in [-0.15, -0.1) is 0 Å². The van der Waals surface area contributed by atoms with Crippen LogP contribution in [0.5, 0.6) is 5.75 Å². The maximum Gasteiger partial charge on any atom is 0.636 e. The van der Waals surface area contributed by atoms with E-state index < -0.39 is 19.1 Å². The summed E-state index contributed by atoms with van der Waals surface area (Å²) in [7, 11) is 0.597. The Morgan fingerprint density at radius 2 is 1.73 bits per heavy atom. The molecule has 1 fully saturated rings. The Morgan fingerprint density at radius 1 is 1.08 bits per heavy atom. The summed E-state index contributed by atoms with van der Waals surface area (Å²) in [6, 6.07) is 14.3. The Kier molecular flexibility index (Phi) is 5.80. The quantitative estimate of drug-likeness (QED) is 0.759. The normalized spacial score (nSPS) is 15.7. The van der Waals surface area contributed by atoms with Crippen molar-refractivity contribution in [1.29, 1.82) is 0 Å². The van der Waals surface area contributed by atoms with E-state index in [1.54, 1.807) is 37.4 Å². The van der Waals surface area contributed by atoms with E-state index in [1.165, 1.54) is 4.90 Å². The van der Waals surface area contributed by atoms with Gasteiger partial charge in [-0.05, 0) is 36.9 Å². The molecule has 0 spiro atoms. The fourth-order valence-corrected chi connectivity index (χ4v) is 2.70. The molecule has 1 heterocycles. The minimum Gasteiger partial charge on any atom is -0.494 e. The van der Waals surface area contributed by atoms with Gasteiger partial charge in [0, 0.05) is 10.5 Å². The molecule has 2 aromatic carbocycles. The van der Waals surface area contributed by atoms with Gasteiger partial charge < -0.3 is 14.0 Å². The molecule has 26 heavy (non-hydrogen) atoms. The number of benzene rings is 2. The van der Waals surface area contributed by atoms with Crippen LogP contribution < -0.4 is 10.2 Å². The van der Waals surface area contributed by atoms with Crippen molar-refractivity contribution in [2.45, 2.75) is 6.61 Å². The van der Waals surface area contributed by atoms with Crippen LogP contribution >= 0.6 is 11.6 Å². The highest BCUT2D eigenvalue weighted by atomic mass is 35.5. The van der Waals surface area contributed by atoms with Crippen LogP contribution in [0.3, 0.4) is 0 Å². The minimum atomic E-state index is -1.05. The molecule has 1 aliphatic heterocycles. The number of rotatable bonds is 4. The number of nitrogens with zero attached hydrogens (tertiary/aromatic N) is 1. The number of halogens is 1. The zero-order valence-corrected chi connectivity index (χ0v) is 14.9. The molecule has 0 saturated carbocycles. The zero-order valence-electron chi connectivity index (χ0n) is 14.2. The molecular formula is C18H17BClNO5. The monoisotopic (exact) mass is 373 g/mol. The second-order valence-electron chi connectivity index (χ2n) is 5.97. The van der Waals surface area contributed by atoms with Gasteiger partial charge in [-0.1, -0.05) is 35.9 Å². The molecule has 1 saturated heterocycles. The lowest BCUT2D eigenvalue weighted by atomic mass is 9.78. The number of likely N-dealkylation sites (N-methyl/N-ethyl adjacent to an activating group) is 1. The van der Waals surface area contributed by atoms with Gasteiger partial charge >= 0.3 is 19.1 Å². The number of carbonyl (C=O) groups excluding carboxylic acids is 2. The summed E-state index contributed by atoms with van der Waals surface area (Å²) in [5.41, 5.74) is 1.51. The number of carbonyl (C=O) groups is 2. The minimum absolute atomic E-state index is 0.0342. The first-order chi connectivity index (χ1) is 12.5. The predicted molar refractivity (Wildman–Crippen MR) is 97.3 cm³/mol. The van der Waals surface area contributed by atoms with E-state index in [1.807, 2.05) is 18.2 Å². The topological polar surface area (TPSA) is 65.1 Å². The third-order valence-electron chi connectivity index (χ3n) is 3.72. The lowest BCUT2D eigenvalue weighted by molar-refractivity contribution is -0.145. The van der Waals surface area contributed by atoms with E-state index in [0.717, 1.165) is 5.56 Å². The first kappa shape index (κ1) is 18.3. The lowest BCUT2D eigenvalue weighted by Crippen LogP contribution is -2.47. The van der Waals surface area contributed by atoms with Crippen molar-refractivity contribution < 1.29 is 23.6 Å². The standard InChI is InChI=1S/C18H17BClNO5/c1-21-10-17(22)25-19(26-18(23)11-21)14-5-7-16(8-6-14)24-12-13-3-2-4-15(20)9-13/h2-9H,10-12H2,1H3. The maximum atomic E-state index is 11.8. The summed E-state index contributed by atoms with van der Waals surface area (Å²) in [5.74, 6) is -0.269. The molecule has 6 nitrogen and oxygen atoms in total. The molecule has 0 atom stereocenters. The second-order valence-corrected chi connectivity index (χ2v) is 6.41. The first-order valence-electron chi connectivity index (χ1n) is 8.04. The van der Waals surface area contributed by atoms with Crippen LogP contribution in [-0.2, 0) is 25.5 Å². The zero-order chi connectivity index (χ0) is 18.5. The van der Waals surface area contributed by atoms with Crippen molar-refractivity contribution in [3.8, 4) is 5.75 Å². The third-order valence-corrected chi connectivity index (χ3v) is 3.96. The van der Waals surface area contributed by atoms with Gasteiger partial charge in [-0.3, -0.25) is 14.5 Å². The fraction of sp³-hybridized carbons (Fsp3) is 0.222. The van der Waals surface area contributed by atoms with Crippen molar-refractivity contribution in [2.24, 2.45) is 0 Å². The second kappa shape index (κ2) is 8.25. The average Bonchev–Trinajstić information content (AvgIpc) is 2.58. The summed E-state index contributed by atoms with van der Waals surface area (Å²) < 4.78 is 16.2. The summed E-state index contributed by atoms with van der Waals surface area (Å²) in [4.78, 5) is 25.1. The average molecular weight is 374 g/mol. The maximum absolute atomic E-state index is 11.8. The third kappa shape index (κ3) is 5.00. The van der Waals surface area contributed by atoms with E-state index in [0.29, 0.717) is 22.8 Å². The number of hydrogen-bond acceptors (Lipinski definition) is 6. The predicted octanol–water partition coefficient (Wildman–Crippen LogP) is 1.65. The number of ether oxygens (including phenoxy) is 1. The van der Waals surface area contributed by atoms with Crippen LogP contribution in [0.1, 0.15) is 5.56 Å². The van der Waals surface area contributed by atoms with E-state index in [2.05, 4.69) is 0 Å². The smallest absolute Gasteiger partial charge is 0.494 e. The molecule has 0 unspecified atom stereocenters. The molecule has 2 aromatic rings. The van der Waals surface area contributed by atoms with Gasteiger partial charge in [0.25, 0.3) is 0 Å². The van der Waals surface area contributed by atoms with Crippen LogP contribution in [0.4, 0.5) is 0 Å². The van der Waals surface area contributed by atoms with E-state index >= 15 is 0 Å². The van der Waals surface area contributed by atoms with Gasteiger partial charge in [0.1, 0.15) is 12.4 Å². The molecule has 3 rings (SSSR count). The molecule has 134 valence electrons. The molecule has 0 aromatic heterocycles. The Labute approximate surface area is 156 Å². The molecule has 0 radical (unpaired) electrons. The Balaban J connectivity index is 1.64. The van der Waals surface area contributed by atoms with Gasteiger partial charge in [-0.25, -0.2) is 0 Å². The van der Waals surface area contributed by atoms with Gasteiger partial charge in [0.05, 0.1) is 13.1 Å². The van der Waals surface area contributed by atoms with Crippen molar-refractivity contribution in [3.05, 3.63) is 59.1 Å².